The van der Waals surface area contributed by atoms with Crippen LogP contribution >= 0.6 is 0 Å². The second kappa shape index (κ2) is 6.73. The Labute approximate surface area is 123 Å². The van der Waals surface area contributed by atoms with Gasteiger partial charge in [0, 0.05) is 19.2 Å². The number of likely N-dealkylation sites (tertiary alicyclic amines) is 1. The summed E-state index contributed by atoms with van der Waals surface area (Å²) < 4.78 is 5.67. The number of piperidine rings is 1. The summed E-state index contributed by atoms with van der Waals surface area (Å²) in [6.45, 7) is 5.86. The highest BCUT2D eigenvalue weighted by atomic mass is 16.5. The van der Waals surface area contributed by atoms with Gasteiger partial charge in [-0.1, -0.05) is 6.42 Å². The van der Waals surface area contributed by atoms with Gasteiger partial charge in [-0.15, -0.1) is 0 Å². The number of aliphatic hydroxyl groups excluding tert-OH is 1. The quantitative estimate of drug-likeness (QED) is 0.778. The fourth-order valence-corrected chi connectivity index (χ4v) is 4.18. The number of nitrogens with zero attached hydrogens (tertiary/aromatic N) is 1. The molecule has 2 fully saturated rings. The van der Waals surface area contributed by atoms with Gasteiger partial charge in [0.15, 0.2) is 0 Å². The lowest BCUT2D eigenvalue weighted by molar-refractivity contribution is -0.0522. The first-order valence-corrected chi connectivity index (χ1v) is 8.15. The molecule has 1 saturated heterocycles. The summed E-state index contributed by atoms with van der Waals surface area (Å²) in [5, 5.41) is 13.1. The monoisotopic (exact) mass is 284 g/mol. The molecule has 0 radical (unpaired) electrons. The first-order chi connectivity index (χ1) is 9.57. The molecule has 20 heavy (non-hydrogen) atoms. The van der Waals surface area contributed by atoms with Crippen molar-refractivity contribution in [3.8, 4) is 0 Å². The van der Waals surface area contributed by atoms with Crippen LogP contribution in [0.15, 0.2) is 0 Å². The molecule has 3 unspecified atom stereocenters. The van der Waals surface area contributed by atoms with Gasteiger partial charge in [0.2, 0.25) is 0 Å². The first-order valence-electron chi connectivity index (χ1n) is 8.15. The molecule has 3 atom stereocenters. The van der Waals surface area contributed by atoms with Crippen LogP contribution in [0, 0.1) is 5.92 Å². The zero-order chi connectivity index (χ0) is 14.6. The molecule has 0 aromatic carbocycles. The van der Waals surface area contributed by atoms with Gasteiger partial charge in [-0.05, 0) is 65.1 Å². The van der Waals surface area contributed by atoms with Crippen molar-refractivity contribution in [2.45, 2.75) is 56.6 Å². The van der Waals surface area contributed by atoms with E-state index in [-0.39, 0.29) is 17.7 Å². The lowest BCUT2D eigenvalue weighted by Gasteiger charge is -2.41. The largest absolute Gasteiger partial charge is 0.394 e. The summed E-state index contributed by atoms with van der Waals surface area (Å²) in [6.07, 6.45) is 7.17. The summed E-state index contributed by atoms with van der Waals surface area (Å²) in [5.74, 6) is 0.605. The molecule has 1 aliphatic heterocycles. The topological polar surface area (TPSA) is 44.7 Å². The van der Waals surface area contributed by atoms with Crippen molar-refractivity contribution in [3.05, 3.63) is 0 Å². The highest BCUT2D eigenvalue weighted by Crippen LogP contribution is 2.37. The predicted molar refractivity (Wildman–Crippen MR) is 81.9 cm³/mol. The molecule has 118 valence electrons. The summed E-state index contributed by atoms with van der Waals surface area (Å²) in [7, 11) is 3.83. The van der Waals surface area contributed by atoms with E-state index < -0.39 is 0 Å². The van der Waals surface area contributed by atoms with Gasteiger partial charge in [-0.3, -0.25) is 0 Å². The van der Waals surface area contributed by atoms with E-state index in [2.05, 4.69) is 17.1 Å². The van der Waals surface area contributed by atoms with E-state index in [4.69, 9.17) is 4.74 Å². The zero-order valence-corrected chi connectivity index (χ0v) is 13.5. The average Bonchev–Trinajstić information content (AvgIpc) is 2.89. The molecule has 2 rings (SSSR count). The van der Waals surface area contributed by atoms with E-state index >= 15 is 0 Å². The second-order valence-electron chi connectivity index (χ2n) is 6.98. The van der Waals surface area contributed by atoms with E-state index in [9.17, 15) is 5.11 Å². The van der Waals surface area contributed by atoms with Crippen LogP contribution in [0.2, 0.25) is 0 Å². The maximum absolute atomic E-state index is 9.75. The summed E-state index contributed by atoms with van der Waals surface area (Å²) in [5.41, 5.74) is 0.00530. The molecule has 1 heterocycles. The molecule has 2 N–H and O–H groups in total. The molecule has 0 aromatic rings. The van der Waals surface area contributed by atoms with Crippen LogP contribution in [0.5, 0.6) is 0 Å². The molecule has 0 aromatic heterocycles. The standard InChI is InChI=1S/C16H32N2O2/c1-15(20-3)8-5-10-18(12-15)11-7-14-6-4-9-16(14,13-19)17-2/h14,17,19H,4-13H2,1-3H3. The van der Waals surface area contributed by atoms with Gasteiger partial charge >= 0.3 is 0 Å². The molecule has 0 bridgehead atoms. The Morgan fingerprint density at radius 2 is 2.15 bits per heavy atom. The minimum Gasteiger partial charge on any atom is -0.394 e. The van der Waals surface area contributed by atoms with Gasteiger partial charge in [-0.2, -0.15) is 0 Å². The smallest absolute Gasteiger partial charge is 0.0777 e. The number of aliphatic hydroxyl groups is 1. The molecule has 4 heteroatoms. The molecular weight excluding hydrogens is 252 g/mol. The highest BCUT2D eigenvalue weighted by Gasteiger charge is 2.41. The van der Waals surface area contributed by atoms with E-state index in [0.29, 0.717) is 5.92 Å². The van der Waals surface area contributed by atoms with Gasteiger partial charge in [0.25, 0.3) is 0 Å². The SMILES string of the molecule is CNC1(CO)CCCC1CCN1CCCC(C)(OC)C1. The molecule has 1 saturated carbocycles. The Balaban J connectivity index is 1.85. The lowest BCUT2D eigenvalue weighted by atomic mass is 9.85. The highest BCUT2D eigenvalue weighted by molar-refractivity contribution is 4.98. The first kappa shape index (κ1) is 16.2. The lowest BCUT2D eigenvalue weighted by Crippen LogP contribution is -2.51. The van der Waals surface area contributed by atoms with Gasteiger partial charge in [0.05, 0.1) is 12.2 Å². The maximum Gasteiger partial charge on any atom is 0.0777 e. The number of hydrogen-bond acceptors (Lipinski definition) is 4. The van der Waals surface area contributed by atoms with Crippen molar-refractivity contribution in [2.75, 3.05) is 40.4 Å². The summed E-state index contributed by atoms with van der Waals surface area (Å²) in [6, 6.07) is 0. The van der Waals surface area contributed by atoms with Crippen molar-refractivity contribution < 1.29 is 9.84 Å². The number of methoxy groups -OCH3 is 1. The third kappa shape index (κ3) is 3.35. The van der Waals surface area contributed by atoms with Crippen molar-refractivity contribution >= 4 is 0 Å². The van der Waals surface area contributed by atoms with Crippen LogP contribution in [-0.2, 0) is 4.74 Å². The molecule has 2 aliphatic rings. The Morgan fingerprint density at radius 3 is 2.80 bits per heavy atom. The minimum absolute atomic E-state index is 0.0274. The van der Waals surface area contributed by atoms with Crippen LogP contribution in [0.1, 0.15) is 45.4 Å². The zero-order valence-electron chi connectivity index (χ0n) is 13.5. The van der Waals surface area contributed by atoms with E-state index in [0.717, 1.165) is 19.5 Å². The van der Waals surface area contributed by atoms with Crippen LogP contribution < -0.4 is 5.32 Å². The molecular formula is C16H32N2O2. The molecule has 0 amide bonds. The molecule has 4 nitrogen and oxygen atoms in total. The predicted octanol–water partition coefficient (Wildman–Crippen LogP) is 1.63. The van der Waals surface area contributed by atoms with Crippen LogP contribution in [0.25, 0.3) is 0 Å². The number of ether oxygens (including phenoxy) is 1. The van der Waals surface area contributed by atoms with Crippen molar-refractivity contribution in [3.63, 3.8) is 0 Å². The van der Waals surface area contributed by atoms with Crippen molar-refractivity contribution in [2.24, 2.45) is 5.92 Å². The van der Waals surface area contributed by atoms with Crippen LogP contribution in [0.4, 0.5) is 0 Å². The fourth-order valence-electron chi connectivity index (χ4n) is 4.18. The fraction of sp³-hybridized carbons (Fsp3) is 1.00. The Morgan fingerprint density at radius 1 is 1.35 bits per heavy atom. The van der Waals surface area contributed by atoms with E-state index in [1.165, 1.54) is 38.6 Å². The van der Waals surface area contributed by atoms with Crippen molar-refractivity contribution in [1.82, 2.24) is 10.2 Å². The van der Waals surface area contributed by atoms with Gasteiger partial charge < -0.3 is 20.1 Å². The number of likely N-dealkylation sites (N-methyl/N-ethyl adjacent to an activating group) is 1. The minimum atomic E-state index is -0.0274. The molecule has 0 spiro atoms. The van der Waals surface area contributed by atoms with Crippen LogP contribution in [0.3, 0.4) is 0 Å². The van der Waals surface area contributed by atoms with Crippen molar-refractivity contribution in [1.29, 1.82) is 0 Å². The third-order valence-electron chi connectivity index (χ3n) is 5.76. The Kier molecular flexibility index (Phi) is 5.46. The average molecular weight is 284 g/mol. The number of rotatable bonds is 6. The van der Waals surface area contributed by atoms with E-state index in [1.807, 2.05) is 14.2 Å². The Hall–Kier alpha value is -0.160. The molecule has 1 aliphatic carbocycles. The second-order valence-corrected chi connectivity index (χ2v) is 6.98. The van der Waals surface area contributed by atoms with Crippen LogP contribution in [-0.4, -0.2) is 61.5 Å². The Bertz CT molecular complexity index is 307. The summed E-state index contributed by atoms with van der Waals surface area (Å²) >= 11 is 0. The third-order valence-corrected chi connectivity index (χ3v) is 5.76. The number of nitrogens with one attached hydrogen (secondary N) is 1. The van der Waals surface area contributed by atoms with E-state index in [1.54, 1.807) is 0 Å². The maximum atomic E-state index is 9.75. The normalized spacial score (nSPS) is 39.3. The summed E-state index contributed by atoms with van der Waals surface area (Å²) in [4.78, 5) is 2.54. The van der Waals surface area contributed by atoms with Gasteiger partial charge in [-0.25, -0.2) is 0 Å². The number of hydrogen-bond donors (Lipinski definition) is 2. The van der Waals surface area contributed by atoms with Gasteiger partial charge in [0.1, 0.15) is 0 Å².